The zero-order chi connectivity index (χ0) is 24.1. The highest BCUT2D eigenvalue weighted by Crippen LogP contribution is 2.42. The number of benzene rings is 3. The highest BCUT2D eigenvalue weighted by Gasteiger charge is 2.41. The molecule has 3 aromatic rings. The molecule has 0 saturated carbocycles. The van der Waals surface area contributed by atoms with Crippen LogP contribution in [0.1, 0.15) is 11.1 Å². The van der Waals surface area contributed by atoms with Crippen LogP contribution < -0.4 is 10.2 Å². The number of thioether (sulfide) groups is 1. The monoisotopic (exact) mass is 507 g/mol. The fourth-order valence-electron chi connectivity index (χ4n) is 3.57. The SMILES string of the molecule is N#C/C(C(=O)NCc1ccccc1)=C1\S[C@H](Cc2cccc(Cl)c2Cl)C(=O)N1c1ccccc1. The largest absolute Gasteiger partial charge is 0.347 e. The third-order valence-electron chi connectivity index (χ3n) is 5.25. The summed E-state index contributed by atoms with van der Waals surface area (Å²) in [4.78, 5) is 27.9. The molecule has 5 nitrogen and oxygen atoms in total. The molecular formula is C26H19Cl2N3O2S. The summed E-state index contributed by atoms with van der Waals surface area (Å²) in [5, 5.41) is 13.2. The van der Waals surface area contributed by atoms with E-state index in [-0.39, 0.29) is 18.0 Å². The Hall–Kier alpha value is -3.24. The zero-order valence-electron chi connectivity index (χ0n) is 17.9. The van der Waals surface area contributed by atoms with Gasteiger partial charge in [0, 0.05) is 12.2 Å². The molecule has 0 unspecified atom stereocenters. The lowest BCUT2D eigenvalue weighted by Gasteiger charge is -2.18. The molecule has 34 heavy (non-hydrogen) atoms. The summed E-state index contributed by atoms with van der Waals surface area (Å²) in [5.41, 5.74) is 2.10. The molecule has 1 saturated heterocycles. The van der Waals surface area contributed by atoms with Gasteiger partial charge in [-0.05, 0) is 35.7 Å². The third-order valence-corrected chi connectivity index (χ3v) is 7.37. The Kier molecular flexibility index (Phi) is 7.59. The lowest BCUT2D eigenvalue weighted by atomic mass is 10.1. The first-order valence-corrected chi connectivity index (χ1v) is 12.1. The van der Waals surface area contributed by atoms with Crippen molar-refractivity contribution in [2.24, 2.45) is 0 Å². The molecule has 1 fully saturated rings. The van der Waals surface area contributed by atoms with E-state index in [4.69, 9.17) is 23.2 Å². The van der Waals surface area contributed by atoms with Gasteiger partial charge in [0.15, 0.2) is 0 Å². The number of carbonyl (C=O) groups excluding carboxylic acids is 2. The van der Waals surface area contributed by atoms with Crippen LogP contribution in [0.4, 0.5) is 5.69 Å². The maximum atomic E-state index is 13.5. The van der Waals surface area contributed by atoms with Crippen molar-refractivity contribution < 1.29 is 9.59 Å². The fraction of sp³-hybridized carbons (Fsp3) is 0.115. The van der Waals surface area contributed by atoms with Crippen LogP contribution in [0.15, 0.2) is 89.5 Å². The second-order valence-corrected chi connectivity index (χ2v) is 9.47. The van der Waals surface area contributed by atoms with Crippen molar-refractivity contribution in [2.45, 2.75) is 18.2 Å². The van der Waals surface area contributed by atoms with Gasteiger partial charge in [-0.15, -0.1) is 0 Å². The van der Waals surface area contributed by atoms with Gasteiger partial charge in [-0.1, -0.05) is 95.6 Å². The van der Waals surface area contributed by atoms with E-state index >= 15 is 0 Å². The normalized spacial score (nSPS) is 16.8. The summed E-state index contributed by atoms with van der Waals surface area (Å²) in [6, 6.07) is 25.7. The summed E-state index contributed by atoms with van der Waals surface area (Å²) in [7, 11) is 0. The van der Waals surface area contributed by atoms with E-state index in [1.54, 1.807) is 36.4 Å². The molecule has 8 heteroatoms. The number of halogens is 2. The summed E-state index contributed by atoms with van der Waals surface area (Å²) in [6.45, 7) is 0.267. The first-order valence-electron chi connectivity index (χ1n) is 10.4. The van der Waals surface area contributed by atoms with Crippen molar-refractivity contribution in [1.82, 2.24) is 5.32 Å². The van der Waals surface area contributed by atoms with Crippen molar-refractivity contribution >= 4 is 52.5 Å². The quantitative estimate of drug-likeness (QED) is 0.341. The molecule has 0 aliphatic carbocycles. The van der Waals surface area contributed by atoms with E-state index in [0.717, 1.165) is 11.1 Å². The standard InChI is InChI=1S/C26H19Cl2N3O2S/c27-21-13-7-10-18(23(21)28)14-22-25(33)31(19-11-5-2-6-12-19)26(34-22)20(15-29)24(32)30-16-17-8-3-1-4-9-17/h1-13,22H,14,16H2,(H,30,32)/b26-20+/t22-/m1/s1. The van der Waals surface area contributed by atoms with Crippen LogP contribution in [0.2, 0.25) is 10.0 Å². The maximum absolute atomic E-state index is 13.5. The van der Waals surface area contributed by atoms with Gasteiger partial charge in [0.2, 0.25) is 5.91 Å². The van der Waals surface area contributed by atoms with Crippen LogP contribution in [-0.4, -0.2) is 17.1 Å². The second kappa shape index (κ2) is 10.8. The van der Waals surface area contributed by atoms with Gasteiger partial charge in [-0.2, -0.15) is 5.26 Å². The summed E-state index contributed by atoms with van der Waals surface area (Å²) >= 11 is 13.7. The molecule has 1 aliphatic rings. The number of hydrogen-bond acceptors (Lipinski definition) is 4. The van der Waals surface area contributed by atoms with Gasteiger partial charge >= 0.3 is 0 Å². The molecule has 0 spiro atoms. The lowest BCUT2D eigenvalue weighted by Crippen LogP contribution is -2.32. The number of para-hydroxylation sites is 1. The number of anilines is 1. The highest BCUT2D eigenvalue weighted by molar-refractivity contribution is 8.05. The minimum atomic E-state index is -0.573. The molecule has 0 radical (unpaired) electrons. The van der Waals surface area contributed by atoms with Gasteiger partial charge in [0.25, 0.3) is 5.91 Å². The molecular weight excluding hydrogens is 489 g/mol. The van der Waals surface area contributed by atoms with Crippen molar-refractivity contribution in [2.75, 3.05) is 4.90 Å². The highest BCUT2D eigenvalue weighted by atomic mass is 35.5. The van der Waals surface area contributed by atoms with E-state index < -0.39 is 11.2 Å². The van der Waals surface area contributed by atoms with E-state index in [1.165, 1.54) is 16.7 Å². The fourth-order valence-corrected chi connectivity index (χ4v) is 5.26. The number of hydrogen-bond donors (Lipinski definition) is 1. The minimum absolute atomic E-state index is 0.113. The third kappa shape index (κ3) is 5.13. The van der Waals surface area contributed by atoms with Crippen LogP contribution in [0, 0.1) is 11.3 Å². The van der Waals surface area contributed by atoms with E-state index in [0.29, 0.717) is 27.2 Å². The number of carbonyl (C=O) groups is 2. The Morgan fingerprint density at radius 2 is 1.68 bits per heavy atom. The van der Waals surface area contributed by atoms with Crippen molar-refractivity contribution in [1.29, 1.82) is 5.26 Å². The van der Waals surface area contributed by atoms with E-state index in [1.807, 2.05) is 48.5 Å². The van der Waals surface area contributed by atoms with Crippen molar-refractivity contribution in [3.63, 3.8) is 0 Å². The van der Waals surface area contributed by atoms with E-state index in [9.17, 15) is 14.9 Å². The molecule has 170 valence electrons. The second-order valence-electron chi connectivity index (χ2n) is 7.49. The summed E-state index contributed by atoms with van der Waals surface area (Å²) in [5.74, 6) is -0.769. The van der Waals surface area contributed by atoms with Crippen LogP contribution in [0.5, 0.6) is 0 Å². The number of nitrogens with one attached hydrogen (secondary N) is 1. The van der Waals surface area contributed by atoms with Crippen molar-refractivity contribution in [3.05, 3.63) is 111 Å². The first kappa shape index (κ1) is 23.9. The van der Waals surface area contributed by atoms with E-state index in [2.05, 4.69) is 5.32 Å². The molecule has 0 aromatic heterocycles. The van der Waals surface area contributed by atoms with Crippen molar-refractivity contribution in [3.8, 4) is 6.07 Å². The molecule has 0 bridgehead atoms. The molecule has 4 rings (SSSR count). The number of nitriles is 1. The molecule has 1 heterocycles. The van der Waals surface area contributed by atoms with Gasteiger partial charge in [0.1, 0.15) is 16.7 Å². The maximum Gasteiger partial charge on any atom is 0.264 e. The zero-order valence-corrected chi connectivity index (χ0v) is 20.2. The average molecular weight is 508 g/mol. The molecule has 1 atom stereocenters. The summed E-state index contributed by atoms with van der Waals surface area (Å²) in [6.07, 6.45) is 0.306. The van der Waals surface area contributed by atoms with Gasteiger partial charge < -0.3 is 5.32 Å². The van der Waals surface area contributed by atoms with Crippen LogP contribution in [-0.2, 0) is 22.6 Å². The molecule has 2 amide bonds. The van der Waals surface area contributed by atoms with Crippen LogP contribution in [0.25, 0.3) is 0 Å². The topological polar surface area (TPSA) is 73.2 Å². The smallest absolute Gasteiger partial charge is 0.264 e. The lowest BCUT2D eigenvalue weighted by molar-refractivity contribution is -0.117. The Balaban J connectivity index is 1.67. The molecule has 3 aromatic carbocycles. The van der Waals surface area contributed by atoms with Gasteiger partial charge in [-0.3, -0.25) is 14.5 Å². The number of amides is 2. The summed E-state index contributed by atoms with van der Waals surface area (Å²) < 4.78 is 0. The van der Waals surface area contributed by atoms with Gasteiger partial charge in [-0.25, -0.2) is 0 Å². The van der Waals surface area contributed by atoms with Gasteiger partial charge in [0.05, 0.1) is 15.3 Å². The van der Waals surface area contributed by atoms with Crippen LogP contribution >= 0.6 is 35.0 Å². The minimum Gasteiger partial charge on any atom is -0.347 e. The molecule has 1 aliphatic heterocycles. The Morgan fingerprint density at radius 3 is 2.35 bits per heavy atom. The predicted molar refractivity (Wildman–Crippen MR) is 136 cm³/mol. The molecule has 1 N–H and O–H groups in total. The Bertz CT molecular complexity index is 1290. The predicted octanol–water partition coefficient (Wildman–Crippen LogP) is 5.74. The number of rotatable bonds is 6. The first-order chi connectivity index (χ1) is 16.5. The Labute approximate surface area is 212 Å². The average Bonchev–Trinajstić information content (AvgIpc) is 3.17. The Morgan fingerprint density at radius 1 is 1.00 bits per heavy atom. The number of nitrogens with zero attached hydrogens (tertiary/aromatic N) is 2. The van der Waals surface area contributed by atoms with Crippen LogP contribution in [0.3, 0.4) is 0 Å².